The number of nitrogens with two attached hydrogens (primary N) is 1. The Morgan fingerprint density at radius 3 is 2.41 bits per heavy atom. The van der Waals surface area contributed by atoms with Crippen molar-refractivity contribution in [1.29, 1.82) is 0 Å². The highest BCUT2D eigenvalue weighted by Gasteiger charge is 2.34. The Morgan fingerprint density at radius 2 is 1.81 bits per heavy atom. The molecule has 1 heterocycles. The number of aryl methyl sites for hydroxylation is 1. The van der Waals surface area contributed by atoms with Gasteiger partial charge < -0.3 is 10.5 Å². The first-order valence-electron chi connectivity index (χ1n) is 8.61. The van der Waals surface area contributed by atoms with Gasteiger partial charge in [0, 0.05) is 17.5 Å². The molecule has 2 aromatic rings. The van der Waals surface area contributed by atoms with Gasteiger partial charge in [-0.15, -0.1) is 11.8 Å². The van der Waals surface area contributed by atoms with Crippen molar-refractivity contribution < 1.29 is 9.53 Å². The highest BCUT2D eigenvalue weighted by atomic mass is 32.2. The van der Waals surface area contributed by atoms with Crippen LogP contribution >= 0.6 is 11.8 Å². The number of anilines is 1. The third-order valence-electron chi connectivity index (χ3n) is 4.14. The summed E-state index contributed by atoms with van der Waals surface area (Å²) in [6, 6.07) is 15.4. The Morgan fingerprint density at radius 1 is 1.19 bits per heavy atom. The van der Waals surface area contributed by atoms with Crippen LogP contribution < -0.4 is 15.4 Å². The minimum atomic E-state index is -0.150. The maximum absolute atomic E-state index is 12.4. The first-order valence-corrected chi connectivity index (χ1v) is 9.66. The second-order valence-electron chi connectivity index (χ2n) is 6.10. The van der Waals surface area contributed by atoms with E-state index >= 15 is 0 Å². The van der Waals surface area contributed by atoms with E-state index in [4.69, 9.17) is 10.5 Å². The molecule has 138 valence electrons. The molecule has 1 unspecified atom stereocenters. The predicted molar refractivity (Wildman–Crippen MR) is 113 cm³/mol. The van der Waals surface area contributed by atoms with Crippen molar-refractivity contribution in [2.75, 3.05) is 10.7 Å². The fraction of sp³-hybridized carbons (Fsp3) is 0.136. The van der Waals surface area contributed by atoms with Crippen molar-refractivity contribution in [3.8, 4) is 11.5 Å². The molecule has 0 spiro atoms. The third-order valence-corrected chi connectivity index (χ3v) is 5.35. The van der Waals surface area contributed by atoms with E-state index in [2.05, 4.69) is 6.58 Å². The Hall–Kier alpha value is -2.92. The van der Waals surface area contributed by atoms with Gasteiger partial charge in [-0.3, -0.25) is 9.69 Å². The molecule has 27 heavy (non-hydrogen) atoms. The van der Waals surface area contributed by atoms with Gasteiger partial charge in [-0.25, -0.2) is 0 Å². The number of thioether (sulfide) groups is 1. The Bertz CT molecular complexity index is 870. The van der Waals surface area contributed by atoms with Gasteiger partial charge >= 0.3 is 0 Å². The largest absolute Gasteiger partial charge is 0.457 e. The maximum atomic E-state index is 12.4. The average Bonchev–Trinajstić information content (AvgIpc) is 3.06. The van der Waals surface area contributed by atoms with Crippen molar-refractivity contribution in [3.63, 3.8) is 0 Å². The highest BCUT2D eigenvalue weighted by Crippen LogP contribution is 2.36. The summed E-state index contributed by atoms with van der Waals surface area (Å²) < 4.78 is 5.86. The summed E-state index contributed by atoms with van der Waals surface area (Å²) in [5.41, 5.74) is 8.65. The van der Waals surface area contributed by atoms with Crippen molar-refractivity contribution in [3.05, 3.63) is 90.7 Å². The predicted octanol–water partition coefficient (Wildman–Crippen LogP) is 4.78. The molecule has 1 aliphatic heterocycles. The van der Waals surface area contributed by atoms with Crippen LogP contribution in [0.3, 0.4) is 0 Å². The van der Waals surface area contributed by atoms with Crippen molar-refractivity contribution >= 4 is 23.4 Å². The van der Waals surface area contributed by atoms with E-state index < -0.39 is 0 Å². The van der Waals surface area contributed by atoms with E-state index in [0.29, 0.717) is 5.75 Å². The summed E-state index contributed by atoms with van der Waals surface area (Å²) in [6.07, 6.45) is 6.93. The van der Waals surface area contributed by atoms with E-state index in [1.807, 2.05) is 67.6 Å². The molecule has 0 bridgehead atoms. The summed E-state index contributed by atoms with van der Waals surface area (Å²) in [4.78, 5) is 14.2. The van der Waals surface area contributed by atoms with Crippen LogP contribution in [0.15, 0.2) is 85.1 Å². The summed E-state index contributed by atoms with van der Waals surface area (Å²) in [5.74, 6) is 1.98. The standard InChI is InChI=1S/C22H22N2O2S/c1-3-4-5-17(14-23)22-24(21(25)15-27-22)18-8-12-20(13-9-18)26-19-10-6-16(2)7-11-19/h3-14,22H,1,15,23H2,2H3/b5-4-,17-14+. The van der Waals surface area contributed by atoms with Crippen LogP contribution in [0.5, 0.6) is 11.5 Å². The van der Waals surface area contributed by atoms with Crippen molar-refractivity contribution in [2.24, 2.45) is 5.73 Å². The molecule has 1 amide bonds. The summed E-state index contributed by atoms with van der Waals surface area (Å²) in [5, 5.41) is -0.150. The molecule has 0 aromatic heterocycles. The smallest absolute Gasteiger partial charge is 0.238 e. The monoisotopic (exact) mass is 378 g/mol. The zero-order valence-corrected chi connectivity index (χ0v) is 16.0. The van der Waals surface area contributed by atoms with Crippen LogP contribution in [-0.2, 0) is 4.79 Å². The lowest BCUT2D eigenvalue weighted by atomic mass is 10.2. The Kier molecular flexibility index (Phi) is 6.04. The normalized spacial score (nSPS) is 17.5. The van der Waals surface area contributed by atoms with Gasteiger partial charge in [0.05, 0.1) is 5.75 Å². The van der Waals surface area contributed by atoms with E-state index in [9.17, 15) is 4.79 Å². The number of benzene rings is 2. The molecule has 1 atom stereocenters. The maximum Gasteiger partial charge on any atom is 0.238 e. The summed E-state index contributed by atoms with van der Waals surface area (Å²) >= 11 is 1.56. The molecule has 0 radical (unpaired) electrons. The van der Waals surface area contributed by atoms with Gasteiger partial charge in [-0.1, -0.05) is 42.5 Å². The van der Waals surface area contributed by atoms with E-state index in [1.54, 1.807) is 22.7 Å². The number of allylic oxidation sites excluding steroid dienone is 2. The van der Waals surface area contributed by atoms with E-state index in [0.717, 1.165) is 22.8 Å². The molecule has 2 N–H and O–H groups in total. The molecule has 4 nitrogen and oxygen atoms in total. The molecule has 1 aliphatic rings. The number of amides is 1. The van der Waals surface area contributed by atoms with E-state index in [-0.39, 0.29) is 11.3 Å². The number of hydrogen-bond acceptors (Lipinski definition) is 4. The number of hydrogen-bond donors (Lipinski definition) is 1. The number of carbonyl (C=O) groups excluding carboxylic acids is 1. The number of carbonyl (C=O) groups is 1. The lowest BCUT2D eigenvalue weighted by Crippen LogP contribution is -2.33. The first kappa shape index (κ1) is 18.9. The molecular weight excluding hydrogens is 356 g/mol. The highest BCUT2D eigenvalue weighted by molar-refractivity contribution is 8.01. The molecule has 0 aliphatic carbocycles. The van der Waals surface area contributed by atoms with Crippen LogP contribution in [0.2, 0.25) is 0 Å². The Labute approximate surface area is 164 Å². The van der Waals surface area contributed by atoms with Crippen LogP contribution in [0, 0.1) is 6.92 Å². The molecule has 5 heteroatoms. The molecule has 1 saturated heterocycles. The molecule has 2 aromatic carbocycles. The number of nitrogens with zero attached hydrogens (tertiary/aromatic N) is 1. The minimum Gasteiger partial charge on any atom is -0.457 e. The van der Waals surface area contributed by atoms with Crippen LogP contribution in [0.4, 0.5) is 5.69 Å². The average molecular weight is 378 g/mol. The van der Waals surface area contributed by atoms with Gasteiger partial charge in [0.2, 0.25) is 5.91 Å². The lowest BCUT2D eigenvalue weighted by molar-refractivity contribution is -0.115. The molecule has 3 rings (SSSR count). The van der Waals surface area contributed by atoms with Gasteiger partial charge in [-0.05, 0) is 43.3 Å². The minimum absolute atomic E-state index is 0.0588. The second kappa shape index (κ2) is 8.64. The van der Waals surface area contributed by atoms with Crippen LogP contribution in [0.1, 0.15) is 5.56 Å². The SMILES string of the molecule is C=C/C=C\C(=C/N)C1SCC(=O)N1c1ccc(Oc2ccc(C)cc2)cc1. The number of ether oxygens (including phenoxy) is 1. The molecular formula is C22H22N2O2S. The zero-order chi connectivity index (χ0) is 19.2. The third kappa shape index (κ3) is 4.44. The fourth-order valence-electron chi connectivity index (χ4n) is 2.77. The van der Waals surface area contributed by atoms with Gasteiger partial charge in [0.1, 0.15) is 16.9 Å². The number of rotatable bonds is 6. The van der Waals surface area contributed by atoms with Gasteiger partial charge in [0.25, 0.3) is 0 Å². The quantitative estimate of drug-likeness (QED) is 0.735. The van der Waals surface area contributed by atoms with Gasteiger partial charge in [0.15, 0.2) is 0 Å². The second-order valence-corrected chi connectivity index (χ2v) is 7.17. The van der Waals surface area contributed by atoms with Crippen molar-refractivity contribution in [1.82, 2.24) is 0 Å². The van der Waals surface area contributed by atoms with Crippen LogP contribution in [0.25, 0.3) is 0 Å². The Balaban J connectivity index is 1.79. The summed E-state index contributed by atoms with van der Waals surface area (Å²) in [6.45, 7) is 5.71. The first-order chi connectivity index (χ1) is 13.1. The van der Waals surface area contributed by atoms with Crippen LogP contribution in [-0.4, -0.2) is 17.0 Å². The molecule has 0 saturated carbocycles. The zero-order valence-electron chi connectivity index (χ0n) is 15.2. The summed E-state index contributed by atoms with van der Waals surface area (Å²) in [7, 11) is 0. The molecule has 1 fully saturated rings. The topological polar surface area (TPSA) is 55.6 Å². The lowest BCUT2D eigenvalue weighted by Gasteiger charge is -2.25. The van der Waals surface area contributed by atoms with E-state index in [1.165, 1.54) is 11.8 Å². The van der Waals surface area contributed by atoms with Gasteiger partial charge in [-0.2, -0.15) is 0 Å². The van der Waals surface area contributed by atoms with Crippen molar-refractivity contribution in [2.45, 2.75) is 12.3 Å². The fourth-order valence-corrected chi connectivity index (χ4v) is 3.94.